The highest BCUT2D eigenvalue weighted by Gasteiger charge is 2.28. The SMILES string of the molecule is CSCC[C@H](N)C(=O)N[C@@H](Cc1c[nH]c2ccccc12)C(=O)N[C@@H](CCCN=C(N)N)C(=O)O. The molecule has 0 saturated heterocycles. The maximum atomic E-state index is 13.1. The third kappa shape index (κ3) is 8.27. The van der Waals surface area contributed by atoms with Gasteiger partial charge in [-0.05, 0) is 42.9 Å². The second-order valence-electron chi connectivity index (χ2n) is 7.86. The molecule has 1 heterocycles. The lowest BCUT2D eigenvalue weighted by Gasteiger charge is -2.23. The average molecular weight is 492 g/mol. The molecule has 0 spiro atoms. The molecule has 2 amide bonds. The zero-order valence-electron chi connectivity index (χ0n) is 19.1. The number of thioether (sulfide) groups is 1. The number of aromatic nitrogens is 1. The van der Waals surface area contributed by atoms with E-state index in [2.05, 4.69) is 20.6 Å². The number of benzene rings is 1. The largest absolute Gasteiger partial charge is 0.480 e. The number of hydrogen-bond acceptors (Lipinski definition) is 6. The van der Waals surface area contributed by atoms with Gasteiger partial charge in [0.15, 0.2) is 5.96 Å². The van der Waals surface area contributed by atoms with Gasteiger partial charge in [0.1, 0.15) is 12.1 Å². The first kappa shape index (κ1) is 27.0. The summed E-state index contributed by atoms with van der Waals surface area (Å²) >= 11 is 1.57. The smallest absolute Gasteiger partial charge is 0.326 e. The van der Waals surface area contributed by atoms with Gasteiger partial charge < -0.3 is 37.9 Å². The number of rotatable bonds is 14. The Labute approximate surface area is 202 Å². The van der Waals surface area contributed by atoms with Crippen LogP contribution >= 0.6 is 11.8 Å². The molecule has 2 rings (SSSR count). The quantitative estimate of drug-likeness (QED) is 0.108. The number of amides is 2. The highest BCUT2D eigenvalue weighted by molar-refractivity contribution is 7.98. The van der Waals surface area contributed by atoms with Crippen molar-refractivity contribution in [3.8, 4) is 0 Å². The summed E-state index contributed by atoms with van der Waals surface area (Å²) in [6.45, 7) is 0.238. The predicted octanol–water partition coefficient (Wildman–Crippen LogP) is -0.101. The van der Waals surface area contributed by atoms with Crippen LogP contribution in [0.4, 0.5) is 0 Å². The molecule has 0 aliphatic heterocycles. The maximum absolute atomic E-state index is 13.1. The van der Waals surface area contributed by atoms with Gasteiger partial charge in [-0.15, -0.1) is 0 Å². The van der Waals surface area contributed by atoms with E-state index in [0.29, 0.717) is 18.6 Å². The number of aliphatic carboxylic acids is 1. The van der Waals surface area contributed by atoms with Crippen molar-refractivity contribution in [2.45, 2.75) is 43.8 Å². The Morgan fingerprint density at radius 2 is 1.82 bits per heavy atom. The first-order valence-electron chi connectivity index (χ1n) is 10.9. The minimum absolute atomic E-state index is 0.0878. The zero-order valence-corrected chi connectivity index (χ0v) is 19.9. The molecule has 12 heteroatoms. The summed E-state index contributed by atoms with van der Waals surface area (Å²) in [7, 11) is 0. The van der Waals surface area contributed by atoms with E-state index >= 15 is 0 Å². The van der Waals surface area contributed by atoms with Crippen LogP contribution in [-0.4, -0.2) is 70.5 Å². The lowest BCUT2D eigenvalue weighted by Crippen LogP contribution is -2.55. The number of carboxylic acids is 1. The highest BCUT2D eigenvalue weighted by atomic mass is 32.2. The molecule has 3 atom stereocenters. The second-order valence-corrected chi connectivity index (χ2v) is 8.85. The van der Waals surface area contributed by atoms with E-state index in [9.17, 15) is 19.5 Å². The summed E-state index contributed by atoms with van der Waals surface area (Å²) in [6.07, 6.45) is 4.78. The van der Waals surface area contributed by atoms with E-state index < -0.39 is 35.9 Å². The molecule has 0 aliphatic carbocycles. The van der Waals surface area contributed by atoms with E-state index in [1.54, 1.807) is 18.0 Å². The van der Waals surface area contributed by atoms with Crippen LogP contribution in [0.25, 0.3) is 10.9 Å². The highest BCUT2D eigenvalue weighted by Crippen LogP contribution is 2.19. The normalized spacial score (nSPS) is 13.6. The minimum atomic E-state index is -1.19. The molecule has 34 heavy (non-hydrogen) atoms. The maximum Gasteiger partial charge on any atom is 0.326 e. The molecule has 0 unspecified atom stereocenters. The van der Waals surface area contributed by atoms with Crippen molar-refractivity contribution in [1.29, 1.82) is 0 Å². The zero-order chi connectivity index (χ0) is 25.1. The molecule has 1 aromatic heterocycles. The van der Waals surface area contributed by atoms with Gasteiger partial charge in [0.2, 0.25) is 11.8 Å². The number of carboxylic acid groups (broad SMARTS) is 1. The fourth-order valence-corrected chi connectivity index (χ4v) is 3.91. The Bertz CT molecular complexity index is 1010. The summed E-state index contributed by atoms with van der Waals surface area (Å²) in [6, 6.07) is 4.64. The number of carbonyl (C=O) groups is 3. The first-order chi connectivity index (χ1) is 16.2. The number of aromatic amines is 1. The van der Waals surface area contributed by atoms with E-state index in [4.69, 9.17) is 17.2 Å². The number of carbonyl (C=O) groups excluding carboxylic acids is 2. The molecule has 0 saturated carbocycles. The fourth-order valence-electron chi connectivity index (χ4n) is 3.42. The van der Waals surface area contributed by atoms with Crippen LogP contribution in [0, 0.1) is 0 Å². The van der Waals surface area contributed by atoms with Crippen molar-refractivity contribution in [1.82, 2.24) is 15.6 Å². The molecule has 2 aromatic rings. The molecule has 0 aliphatic rings. The predicted molar refractivity (Wildman–Crippen MR) is 134 cm³/mol. The first-order valence-corrected chi connectivity index (χ1v) is 12.3. The van der Waals surface area contributed by atoms with Gasteiger partial charge in [-0.3, -0.25) is 14.6 Å². The molecule has 0 radical (unpaired) electrons. The number of aliphatic imine (C=N–C) groups is 1. The summed E-state index contributed by atoms with van der Waals surface area (Å²) < 4.78 is 0. The van der Waals surface area contributed by atoms with Gasteiger partial charge >= 0.3 is 5.97 Å². The van der Waals surface area contributed by atoms with Crippen LogP contribution in [0.3, 0.4) is 0 Å². The number of nitrogens with two attached hydrogens (primary N) is 3. The van der Waals surface area contributed by atoms with Crippen molar-refractivity contribution >= 4 is 46.4 Å². The van der Waals surface area contributed by atoms with Crippen LogP contribution < -0.4 is 27.8 Å². The number of fused-ring (bicyclic) bond motifs is 1. The van der Waals surface area contributed by atoms with Crippen molar-refractivity contribution < 1.29 is 19.5 Å². The lowest BCUT2D eigenvalue weighted by molar-refractivity contribution is -0.142. The van der Waals surface area contributed by atoms with Crippen molar-refractivity contribution in [2.24, 2.45) is 22.2 Å². The number of guanidine groups is 1. The number of H-pyrrole nitrogens is 1. The minimum Gasteiger partial charge on any atom is -0.480 e. The van der Waals surface area contributed by atoms with Gasteiger partial charge in [0.05, 0.1) is 6.04 Å². The van der Waals surface area contributed by atoms with Crippen LogP contribution in [0.5, 0.6) is 0 Å². The number of para-hydroxylation sites is 1. The Hall–Kier alpha value is -3.25. The van der Waals surface area contributed by atoms with Gasteiger partial charge in [0.25, 0.3) is 0 Å². The fraction of sp³-hybridized carbons (Fsp3) is 0.455. The van der Waals surface area contributed by atoms with Crippen molar-refractivity contribution in [3.63, 3.8) is 0 Å². The summed E-state index contributed by atoms with van der Waals surface area (Å²) in [5.74, 6) is -1.65. The van der Waals surface area contributed by atoms with Crippen LogP contribution in [-0.2, 0) is 20.8 Å². The molecule has 186 valence electrons. The summed E-state index contributed by atoms with van der Waals surface area (Å²) in [5.41, 5.74) is 18.2. The van der Waals surface area contributed by atoms with Crippen LogP contribution in [0.15, 0.2) is 35.5 Å². The van der Waals surface area contributed by atoms with Crippen LogP contribution in [0.2, 0.25) is 0 Å². The third-order valence-corrected chi connectivity index (χ3v) is 5.91. The molecule has 10 N–H and O–H groups in total. The van der Waals surface area contributed by atoms with Gasteiger partial charge in [-0.25, -0.2) is 4.79 Å². The summed E-state index contributed by atoms with van der Waals surface area (Å²) in [4.78, 5) is 44.5. The molecule has 11 nitrogen and oxygen atoms in total. The van der Waals surface area contributed by atoms with E-state index in [1.165, 1.54) is 0 Å². The Balaban J connectivity index is 2.17. The number of hydrogen-bond donors (Lipinski definition) is 7. The van der Waals surface area contributed by atoms with E-state index in [0.717, 1.165) is 16.5 Å². The molecule has 0 fully saturated rings. The molecule has 0 bridgehead atoms. The Morgan fingerprint density at radius 3 is 2.50 bits per heavy atom. The monoisotopic (exact) mass is 491 g/mol. The van der Waals surface area contributed by atoms with Crippen molar-refractivity contribution in [2.75, 3.05) is 18.6 Å². The van der Waals surface area contributed by atoms with Gasteiger partial charge in [0, 0.05) is 30.1 Å². The van der Waals surface area contributed by atoms with Crippen molar-refractivity contribution in [3.05, 3.63) is 36.0 Å². The number of nitrogens with zero attached hydrogens (tertiary/aromatic N) is 1. The molecule has 1 aromatic carbocycles. The average Bonchev–Trinajstić information content (AvgIpc) is 3.21. The van der Waals surface area contributed by atoms with E-state index in [1.807, 2.05) is 30.5 Å². The van der Waals surface area contributed by atoms with Gasteiger partial charge in [-0.2, -0.15) is 11.8 Å². The standard InChI is InChI=1S/C22H33N7O4S/c1-34-10-8-15(23)19(30)29-18(11-13-12-27-16-6-3-2-5-14(13)16)20(31)28-17(21(32)33)7-4-9-26-22(24)25/h2-3,5-6,12,15,17-18,27H,4,7-11,23H2,1H3,(H,28,31)(H,29,30)(H,32,33)(H4,24,25,26)/t15-,17-,18-/m0/s1. The van der Waals surface area contributed by atoms with E-state index in [-0.39, 0.29) is 25.3 Å². The van der Waals surface area contributed by atoms with Crippen LogP contribution in [0.1, 0.15) is 24.8 Å². The second kappa shape index (κ2) is 13.5. The lowest BCUT2D eigenvalue weighted by atomic mass is 10.0. The topological polar surface area (TPSA) is 202 Å². The summed E-state index contributed by atoms with van der Waals surface area (Å²) in [5, 5.41) is 15.7. The number of nitrogens with one attached hydrogen (secondary N) is 3. The third-order valence-electron chi connectivity index (χ3n) is 5.26. The Kier molecular flexibility index (Phi) is 10.7. The molecular weight excluding hydrogens is 458 g/mol. The van der Waals surface area contributed by atoms with Gasteiger partial charge in [-0.1, -0.05) is 18.2 Å². The Morgan fingerprint density at radius 1 is 1.12 bits per heavy atom. The molecular formula is C22H33N7O4S.